The van der Waals surface area contributed by atoms with Gasteiger partial charge >= 0.3 is 12.1 Å². The number of esters is 1. The quantitative estimate of drug-likeness (QED) is 0.784. The highest BCUT2D eigenvalue weighted by molar-refractivity contribution is 5.92. The lowest BCUT2D eigenvalue weighted by Crippen LogP contribution is -2.41. The van der Waals surface area contributed by atoms with Gasteiger partial charge in [0.1, 0.15) is 11.3 Å². The van der Waals surface area contributed by atoms with E-state index in [1.807, 2.05) is 30.3 Å². The smallest absolute Gasteiger partial charge is 0.415 e. The Morgan fingerprint density at radius 3 is 2.39 bits per heavy atom. The maximum Gasteiger partial charge on any atom is 0.415 e. The van der Waals surface area contributed by atoms with Crippen molar-refractivity contribution < 1.29 is 19.1 Å². The molecule has 1 amide bonds. The highest BCUT2D eigenvalue weighted by Crippen LogP contribution is 2.30. The summed E-state index contributed by atoms with van der Waals surface area (Å²) in [6, 6.07) is 9.89. The van der Waals surface area contributed by atoms with Crippen LogP contribution < -0.4 is 0 Å². The SMILES string of the molecule is COC(=O)C1=CC(c2ccccc2)CCN1C(=O)OC(C)(C)C. The van der Waals surface area contributed by atoms with Gasteiger partial charge in [-0.2, -0.15) is 0 Å². The van der Waals surface area contributed by atoms with Gasteiger partial charge in [-0.25, -0.2) is 9.59 Å². The van der Waals surface area contributed by atoms with Crippen LogP contribution in [0.4, 0.5) is 4.79 Å². The Morgan fingerprint density at radius 1 is 1.17 bits per heavy atom. The summed E-state index contributed by atoms with van der Waals surface area (Å²) in [4.78, 5) is 25.8. The molecule has 0 fully saturated rings. The van der Waals surface area contributed by atoms with Crippen molar-refractivity contribution in [3.63, 3.8) is 0 Å². The first-order valence-electron chi connectivity index (χ1n) is 7.67. The highest BCUT2D eigenvalue weighted by Gasteiger charge is 2.33. The van der Waals surface area contributed by atoms with Gasteiger partial charge in [-0.3, -0.25) is 4.90 Å². The van der Waals surface area contributed by atoms with Gasteiger partial charge in [0.05, 0.1) is 7.11 Å². The second-order valence-corrected chi connectivity index (χ2v) is 6.48. The lowest BCUT2D eigenvalue weighted by atomic mass is 9.91. The number of ether oxygens (including phenoxy) is 2. The van der Waals surface area contributed by atoms with E-state index in [2.05, 4.69) is 0 Å². The zero-order valence-electron chi connectivity index (χ0n) is 14.0. The Balaban J connectivity index is 2.28. The van der Waals surface area contributed by atoms with E-state index in [0.29, 0.717) is 6.54 Å². The van der Waals surface area contributed by atoms with E-state index in [-0.39, 0.29) is 11.6 Å². The number of hydrogen-bond donors (Lipinski definition) is 0. The fourth-order valence-electron chi connectivity index (χ4n) is 2.51. The molecule has 0 bridgehead atoms. The number of allylic oxidation sites excluding steroid dienone is 1. The van der Waals surface area contributed by atoms with Crippen molar-refractivity contribution in [3.8, 4) is 0 Å². The molecule has 0 aliphatic carbocycles. The molecule has 0 radical (unpaired) electrons. The topological polar surface area (TPSA) is 55.8 Å². The summed E-state index contributed by atoms with van der Waals surface area (Å²) < 4.78 is 10.2. The number of methoxy groups -OCH3 is 1. The minimum absolute atomic E-state index is 0.0731. The summed E-state index contributed by atoms with van der Waals surface area (Å²) in [7, 11) is 1.31. The van der Waals surface area contributed by atoms with Crippen molar-refractivity contribution in [1.82, 2.24) is 4.90 Å². The summed E-state index contributed by atoms with van der Waals surface area (Å²) in [6.45, 7) is 5.80. The van der Waals surface area contributed by atoms with Crippen LogP contribution in [-0.2, 0) is 14.3 Å². The summed E-state index contributed by atoms with van der Waals surface area (Å²) in [6.07, 6.45) is 1.99. The molecule has 23 heavy (non-hydrogen) atoms. The number of carbonyl (C=O) groups is 2. The van der Waals surface area contributed by atoms with Gasteiger partial charge in [0, 0.05) is 12.5 Å². The molecule has 1 atom stereocenters. The molecule has 0 N–H and O–H groups in total. The minimum atomic E-state index is -0.616. The standard InChI is InChI=1S/C18H23NO4/c1-18(2,3)23-17(21)19-11-10-14(12-15(19)16(20)22-4)13-8-6-5-7-9-13/h5-9,12,14H,10-11H2,1-4H3. The highest BCUT2D eigenvalue weighted by atomic mass is 16.6. The third-order valence-corrected chi connectivity index (χ3v) is 3.55. The monoisotopic (exact) mass is 317 g/mol. The average molecular weight is 317 g/mol. The zero-order chi connectivity index (χ0) is 17.0. The van der Waals surface area contributed by atoms with Crippen LogP contribution in [0.1, 0.15) is 38.7 Å². The molecule has 1 aliphatic rings. The Kier molecular flexibility index (Phi) is 5.08. The van der Waals surface area contributed by atoms with Gasteiger partial charge in [-0.1, -0.05) is 30.3 Å². The predicted molar refractivity (Wildman–Crippen MR) is 86.8 cm³/mol. The van der Waals surface area contributed by atoms with E-state index in [0.717, 1.165) is 12.0 Å². The van der Waals surface area contributed by atoms with Crippen LogP contribution in [0.3, 0.4) is 0 Å². The molecule has 0 saturated heterocycles. The van der Waals surface area contributed by atoms with Crippen LogP contribution in [0.5, 0.6) is 0 Å². The number of rotatable bonds is 2. The van der Waals surface area contributed by atoms with Crippen molar-refractivity contribution in [1.29, 1.82) is 0 Å². The molecule has 1 heterocycles. The van der Waals surface area contributed by atoms with Crippen LogP contribution in [0.2, 0.25) is 0 Å². The van der Waals surface area contributed by atoms with Gasteiger partial charge in [-0.15, -0.1) is 0 Å². The summed E-state index contributed by atoms with van der Waals surface area (Å²) >= 11 is 0. The van der Waals surface area contributed by atoms with Crippen LogP contribution in [-0.4, -0.2) is 36.2 Å². The zero-order valence-corrected chi connectivity index (χ0v) is 14.0. The lowest BCUT2D eigenvalue weighted by Gasteiger charge is -2.32. The Hall–Kier alpha value is -2.30. The van der Waals surface area contributed by atoms with Crippen LogP contribution in [0, 0.1) is 0 Å². The molecule has 1 unspecified atom stereocenters. The number of nitrogens with zero attached hydrogens (tertiary/aromatic N) is 1. The molecule has 1 aromatic rings. The third-order valence-electron chi connectivity index (χ3n) is 3.55. The van der Waals surface area contributed by atoms with Gasteiger partial charge in [0.15, 0.2) is 0 Å². The molecule has 0 aromatic heterocycles. The fraction of sp³-hybridized carbons (Fsp3) is 0.444. The largest absolute Gasteiger partial charge is 0.464 e. The Morgan fingerprint density at radius 2 is 1.83 bits per heavy atom. The molecule has 0 saturated carbocycles. The normalized spacial score (nSPS) is 18.2. The number of carbonyl (C=O) groups excluding carboxylic acids is 2. The molecular formula is C18H23NO4. The van der Waals surface area contributed by atoms with Crippen molar-refractivity contribution >= 4 is 12.1 Å². The van der Waals surface area contributed by atoms with E-state index < -0.39 is 17.7 Å². The first kappa shape index (κ1) is 17.1. The molecule has 5 nitrogen and oxygen atoms in total. The second-order valence-electron chi connectivity index (χ2n) is 6.48. The minimum Gasteiger partial charge on any atom is -0.464 e. The van der Waals surface area contributed by atoms with Crippen LogP contribution >= 0.6 is 0 Å². The molecular weight excluding hydrogens is 294 g/mol. The van der Waals surface area contributed by atoms with E-state index in [4.69, 9.17) is 9.47 Å². The molecule has 0 spiro atoms. The third kappa shape index (κ3) is 4.34. The van der Waals surface area contributed by atoms with E-state index in [1.165, 1.54) is 12.0 Å². The van der Waals surface area contributed by atoms with Gasteiger partial charge < -0.3 is 9.47 Å². The number of amides is 1. The second kappa shape index (κ2) is 6.86. The molecule has 124 valence electrons. The summed E-state index contributed by atoms with van der Waals surface area (Å²) in [5, 5.41) is 0. The van der Waals surface area contributed by atoms with E-state index in [9.17, 15) is 9.59 Å². The Bertz CT molecular complexity index is 601. The average Bonchev–Trinajstić information content (AvgIpc) is 2.52. The van der Waals surface area contributed by atoms with E-state index >= 15 is 0 Å². The van der Waals surface area contributed by atoms with Crippen molar-refractivity contribution in [3.05, 3.63) is 47.7 Å². The molecule has 5 heteroatoms. The van der Waals surface area contributed by atoms with Crippen LogP contribution in [0.25, 0.3) is 0 Å². The van der Waals surface area contributed by atoms with Crippen molar-refractivity contribution in [2.45, 2.75) is 38.7 Å². The predicted octanol–water partition coefficient (Wildman–Crippen LogP) is 3.47. The molecule has 1 aromatic carbocycles. The van der Waals surface area contributed by atoms with E-state index in [1.54, 1.807) is 26.8 Å². The van der Waals surface area contributed by atoms with Crippen LogP contribution in [0.15, 0.2) is 42.1 Å². The maximum atomic E-state index is 12.3. The lowest BCUT2D eigenvalue weighted by molar-refractivity contribution is -0.138. The summed E-state index contributed by atoms with van der Waals surface area (Å²) in [5.74, 6) is -0.458. The van der Waals surface area contributed by atoms with Gasteiger partial charge in [0.2, 0.25) is 0 Å². The number of benzene rings is 1. The van der Waals surface area contributed by atoms with Gasteiger partial charge in [0.25, 0.3) is 0 Å². The van der Waals surface area contributed by atoms with Crippen molar-refractivity contribution in [2.24, 2.45) is 0 Å². The number of hydrogen-bond acceptors (Lipinski definition) is 4. The first-order chi connectivity index (χ1) is 10.8. The fourth-order valence-corrected chi connectivity index (χ4v) is 2.51. The Labute approximate surface area is 136 Å². The summed E-state index contributed by atoms with van der Waals surface area (Å²) in [5.41, 5.74) is 0.730. The molecule has 1 aliphatic heterocycles. The first-order valence-corrected chi connectivity index (χ1v) is 7.67. The van der Waals surface area contributed by atoms with Crippen molar-refractivity contribution in [2.75, 3.05) is 13.7 Å². The molecule has 2 rings (SSSR count). The van der Waals surface area contributed by atoms with Gasteiger partial charge in [-0.05, 0) is 38.8 Å². The maximum absolute atomic E-state index is 12.3.